The van der Waals surface area contributed by atoms with E-state index in [1.54, 1.807) is 0 Å². The fourth-order valence-corrected chi connectivity index (χ4v) is 4.45. The zero-order valence-corrected chi connectivity index (χ0v) is 17.4. The third kappa shape index (κ3) is 3.80. The average molecular weight is 404 g/mol. The summed E-state index contributed by atoms with van der Waals surface area (Å²) in [6, 6.07) is 15.3. The number of ketones is 1. The van der Waals surface area contributed by atoms with Gasteiger partial charge in [-0.25, -0.2) is 4.39 Å². The van der Waals surface area contributed by atoms with Gasteiger partial charge in [-0.1, -0.05) is 44.2 Å². The number of benzene rings is 2. The molecule has 1 aliphatic carbocycles. The third-order valence-electron chi connectivity index (χ3n) is 5.72. The molecule has 0 radical (unpaired) electrons. The molecule has 154 valence electrons. The van der Waals surface area contributed by atoms with Gasteiger partial charge in [-0.15, -0.1) is 0 Å². The molecule has 0 saturated heterocycles. The van der Waals surface area contributed by atoms with Crippen molar-refractivity contribution >= 4 is 17.4 Å². The van der Waals surface area contributed by atoms with Crippen LogP contribution in [0.15, 0.2) is 77.1 Å². The zero-order chi connectivity index (χ0) is 21.5. The van der Waals surface area contributed by atoms with Crippen molar-refractivity contribution in [3.05, 3.63) is 88.5 Å². The third-order valence-corrected chi connectivity index (χ3v) is 5.72. The summed E-state index contributed by atoms with van der Waals surface area (Å²) < 4.78 is 13.2. The van der Waals surface area contributed by atoms with Crippen molar-refractivity contribution in [2.24, 2.45) is 5.41 Å². The van der Waals surface area contributed by atoms with Gasteiger partial charge < -0.3 is 10.6 Å². The summed E-state index contributed by atoms with van der Waals surface area (Å²) in [6.07, 6.45) is 1.20. The zero-order valence-electron chi connectivity index (χ0n) is 17.4. The van der Waals surface area contributed by atoms with Crippen molar-refractivity contribution in [2.45, 2.75) is 39.5 Å². The number of halogens is 1. The lowest BCUT2D eigenvalue weighted by molar-refractivity contribution is -0.118. The quantitative estimate of drug-likeness (QED) is 0.751. The minimum Gasteiger partial charge on any atom is -0.362 e. The van der Waals surface area contributed by atoms with Gasteiger partial charge in [0.1, 0.15) is 5.82 Å². The number of allylic oxidation sites excluding steroid dienone is 3. The Bertz CT molecular complexity index is 1070. The molecule has 30 heavy (non-hydrogen) atoms. The van der Waals surface area contributed by atoms with Gasteiger partial charge in [-0.05, 0) is 48.6 Å². The Morgan fingerprint density at radius 3 is 2.40 bits per heavy atom. The molecule has 4 rings (SSSR count). The maximum Gasteiger partial charge on any atom is 0.254 e. The Kier molecular flexibility index (Phi) is 5.06. The highest BCUT2D eigenvalue weighted by Gasteiger charge is 2.42. The van der Waals surface area contributed by atoms with E-state index in [2.05, 4.69) is 24.5 Å². The predicted octanol–water partition coefficient (Wildman–Crippen LogP) is 5.07. The topological polar surface area (TPSA) is 58.2 Å². The first-order chi connectivity index (χ1) is 14.2. The second kappa shape index (κ2) is 7.56. The summed E-state index contributed by atoms with van der Waals surface area (Å²) >= 11 is 0. The van der Waals surface area contributed by atoms with Crippen LogP contribution < -0.4 is 10.6 Å². The minimum atomic E-state index is -0.438. The van der Waals surface area contributed by atoms with Crippen molar-refractivity contribution < 1.29 is 14.0 Å². The molecule has 2 aliphatic rings. The predicted molar refractivity (Wildman–Crippen MR) is 115 cm³/mol. The van der Waals surface area contributed by atoms with Crippen molar-refractivity contribution in [3.8, 4) is 0 Å². The summed E-state index contributed by atoms with van der Waals surface area (Å²) in [5.74, 6) is -1.03. The molecular formula is C25H25FN2O2. The van der Waals surface area contributed by atoms with Crippen molar-refractivity contribution in [2.75, 3.05) is 5.32 Å². The number of carbonyl (C=O) groups is 2. The maximum atomic E-state index is 13.3. The van der Waals surface area contributed by atoms with E-state index in [0.717, 1.165) is 23.4 Å². The average Bonchev–Trinajstić information content (AvgIpc) is 2.68. The van der Waals surface area contributed by atoms with Crippen LogP contribution in [-0.2, 0) is 9.59 Å². The van der Waals surface area contributed by atoms with Crippen LogP contribution in [0.4, 0.5) is 10.1 Å². The summed E-state index contributed by atoms with van der Waals surface area (Å²) in [4.78, 5) is 26.5. The Hall–Kier alpha value is -3.21. The second-order valence-electron chi connectivity index (χ2n) is 8.80. The molecule has 1 heterocycles. The molecule has 0 spiro atoms. The fraction of sp³-hybridized carbons (Fsp3) is 0.280. The molecule has 0 unspecified atom stereocenters. The Balaban J connectivity index is 1.78. The van der Waals surface area contributed by atoms with E-state index >= 15 is 0 Å². The number of nitrogens with one attached hydrogen (secondary N) is 2. The highest BCUT2D eigenvalue weighted by Crippen LogP contribution is 2.46. The smallest absolute Gasteiger partial charge is 0.254 e. The number of hydrogen-bond acceptors (Lipinski definition) is 3. The summed E-state index contributed by atoms with van der Waals surface area (Å²) in [6.45, 7) is 6.04. The number of anilines is 1. The van der Waals surface area contributed by atoms with E-state index in [9.17, 15) is 14.0 Å². The number of hydrogen-bond donors (Lipinski definition) is 2. The van der Waals surface area contributed by atoms with Gasteiger partial charge in [-0.3, -0.25) is 9.59 Å². The largest absolute Gasteiger partial charge is 0.362 e. The van der Waals surface area contributed by atoms with Gasteiger partial charge in [0.05, 0.1) is 0 Å². The number of dihydropyridines is 1. The van der Waals surface area contributed by atoms with E-state index < -0.39 is 5.92 Å². The highest BCUT2D eigenvalue weighted by atomic mass is 19.1. The van der Waals surface area contributed by atoms with Crippen LogP contribution in [0.5, 0.6) is 0 Å². The van der Waals surface area contributed by atoms with Crippen molar-refractivity contribution in [3.63, 3.8) is 0 Å². The molecule has 0 fully saturated rings. The van der Waals surface area contributed by atoms with Gasteiger partial charge in [0, 0.05) is 40.6 Å². The number of carbonyl (C=O) groups excluding carboxylic acids is 2. The number of Topliss-reactive ketones (excluding diaryl/α,β-unsaturated/α-hetero) is 1. The van der Waals surface area contributed by atoms with Gasteiger partial charge >= 0.3 is 0 Å². The van der Waals surface area contributed by atoms with Gasteiger partial charge in [0.2, 0.25) is 0 Å². The van der Waals surface area contributed by atoms with Crippen LogP contribution in [0, 0.1) is 11.2 Å². The number of amides is 1. The van der Waals surface area contributed by atoms with E-state index in [4.69, 9.17) is 0 Å². The lowest BCUT2D eigenvalue weighted by atomic mass is 9.68. The number of rotatable bonds is 3. The maximum absolute atomic E-state index is 13.3. The Morgan fingerprint density at radius 2 is 1.73 bits per heavy atom. The van der Waals surface area contributed by atoms with Crippen molar-refractivity contribution in [1.82, 2.24) is 5.32 Å². The lowest BCUT2D eigenvalue weighted by Crippen LogP contribution is -2.39. The second-order valence-corrected chi connectivity index (χ2v) is 8.80. The van der Waals surface area contributed by atoms with E-state index in [-0.39, 0.29) is 22.9 Å². The van der Waals surface area contributed by atoms with Gasteiger partial charge in [0.15, 0.2) is 5.78 Å². The normalized spacial score (nSPS) is 20.5. The van der Waals surface area contributed by atoms with Crippen LogP contribution in [0.2, 0.25) is 0 Å². The van der Waals surface area contributed by atoms with E-state index in [1.165, 1.54) is 24.3 Å². The summed E-state index contributed by atoms with van der Waals surface area (Å²) in [7, 11) is 0. The van der Waals surface area contributed by atoms with Crippen LogP contribution >= 0.6 is 0 Å². The van der Waals surface area contributed by atoms with Gasteiger partial charge in [0.25, 0.3) is 5.91 Å². The Morgan fingerprint density at radius 1 is 1.07 bits per heavy atom. The highest BCUT2D eigenvalue weighted by molar-refractivity contribution is 6.09. The van der Waals surface area contributed by atoms with Crippen LogP contribution in [0.1, 0.15) is 45.1 Å². The molecule has 2 N–H and O–H groups in total. The minimum absolute atomic E-state index is 0.0715. The van der Waals surface area contributed by atoms with Crippen molar-refractivity contribution in [1.29, 1.82) is 0 Å². The standard InChI is InChI=1S/C25H25FN2O2/c1-15-21(24(30)28-18-11-9-17(26)10-12-18)22(16-7-5-4-6-8-16)23-19(27-15)13-25(2,3)14-20(23)29/h4-12,22,27H,13-14H2,1-3H3,(H,28,30)/t22-/m1/s1. The first kappa shape index (κ1) is 20.1. The van der Waals surface area contributed by atoms with E-state index in [1.807, 2.05) is 37.3 Å². The summed E-state index contributed by atoms with van der Waals surface area (Å²) in [5, 5.41) is 6.21. The molecule has 4 nitrogen and oxygen atoms in total. The molecule has 2 aromatic carbocycles. The molecule has 1 aliphatic heterocycles. The first-order valence-electron chi connectivity index (χ1n) is 10.1. The lowest BCUT2D eigenvalue weighted by Gasteiger charge is -2.39. The monoisotopic (exact) mass is 404 g/mol. The summed E-state index contributed by atoms with van der Waals surface area (Å²) in [5.41, 5.74) is 4.10. The molecule has 0 aromatic heterocycles. The van der Waals surface area contributed by atoms with Gasteiger partial charge in [-0.2, -0.15) is 0 Å². The fourth-order valence-electron chi connectivity index (χ4n) is 4.45. The molecule has 1 atom stereocenters. The Labute approximate surface area is 175 Å². The SMILES string of the molecule is CC1=C(C(=O)Nc2ccc(F)cc2)[C@@H](c2ccccc2)C2=C(CC(C)(C)CC2=O)N1. The van der Waals surface area contributed by atoms with Crippen LogP contribution in [0.25, 0.3) is 0 Å². The van der Waals surface area contributed by atoms with Crippen LogP contribution in [-0.4, -0.2) is 11.7 Å². The molecular weight excluding hydrogens is 379 g/mol. The van der Waals surface area contributed by atoms with Crippen LogP contribution in [0.3, 0.4) is 0 Å². The molecule has 5 heteroatoms. The molecule has 1 amide bonds. The molecule has 0 saturated carbocycles. The molecule has 2 aromatic rings. The first-order valence-corrected chi connectivity index (χ1v) is 10.1. The van der Waals surface area contributed by atoms with E-state index in [0.29, 0.717) is 23.3 Å². The molecule has 0 bridgehead atoms.